The van der Waals surface area contributed by atoms with Crippen LogP contribution in [0.4, 0.5) is 5.69 Å². The second-order valence-electron chi connectivity index (χ2n) is 3.61. The minimum absolute atomic E-state index is 0.177. The number of carbonyl (C=O) groups excluding carboxylic acids is 1. The highest BCUT2D eigenvalue weighted by Gasteiger charge is 2.15. The number of rotatable bonds is 2. The SMILES string of the molecule is Cc1ccc(Cl)cc1NC(=O)C1=COCCO1. The number of hydrogen-bond donors (Lipinski definition) is 1. The molecule has 0 bridgehead atoms. The molecule has 1 heterocycles. The van der Waals surface area contributed by atoms with Gasteiger partial charge in [0.1, 0.15) is 19.5 Å². The number of benzene rings is 1. The van der Waals surface area contributed by atoms with Gasteiger partial charge < -0.3 is 14.8 Å². The monoisotopic (exact) mass is 253 g/mol. The first-order chi connectivity index (χ1) is 8.16. The molecule has 0 spiro atoms. The van der Waals surface area contributed by atoms with Crippen LogP contribution in [0.25, 0.3) is 0 Å². The summed E-state index contributed by atoms with van der Waals surface area (Å²) >= 11 is 5.86. The highest BCUT2D eigenvalue weighted by Crippen LogP contribution is 2.21. The van der Waals surface area contributed by atoms with Crippen LogP contribution in [0.2, 0.25) is 5.02 Å². The molecular weight excluding hydrogens is 242 g/mol. The van der Waals surface area contributed by atoms with E-state index in [1.54, 1.807) is 12.1 Å². The minimum atomic E-state index is -0.338. The Hall–Kier alpha value is -1.68. The molecule has 1 N–H and O–H groups in total. The molecule has 0 atom stereocenters. The van der Waals surface area contributed by atoms with E-state index < -0.39 is 0 Å². The molecular formula is C12H12ClNO3. The lowest BCUT2D eigenvalue weighted by molar-refractivity contribution is -0.117. The molecule has 1 aromatic rings. The third-order valence-electron chi connectivity index (χ3n) is 2.32. The average molecular weight is 254 g/mol. The number of halogens is 1. The molecule has 0 aromatic heterocycles. The van der Waals surface area contributed by atoms with Crippen molar-refractivity contribution in [1.82, 2.24) is 0 Å². The normalized spacial score (nSPS) is 14.4. The quantitative estimate of drug-likeness (QED) is 0.881. The molecule has 0 saturated carbocycles. The van der Waals surface area contributed by atoms with E-state index >= 15 is 0 Å². The van der Waals surface area contributed by atoms with Crippen LogP contribution in [0.1, 0.15) is 5.56 Å². The molecule has 0 saturated heterocycles. The van der Waals surface area contributed by atoms with Crippen molar-refractivity contribution in [2.24, 2.45) is 0 Å². The van der Waals surface area contributed by atoms with E-state index in [1.807, 2.05) is 13.0 Å². The lowest BCUT2D eigenvalue weighted by Crippen LogP contribution is -2.21. The maximum atomic E-state index is 11.8. The van der Waals surface area contributed by atoms with Gasteiger partial charge in [-0.15, -0.1) is 0 Å². The molecule has 1 amide bonds. The van der Waals surface area contributed by atoms with Crippen molar-refractivity contribution in [3.05, 3.63) is 40.8 Å². The zero-order valence-corrected chi connectivity index (χ0v) is 10.1. The summed E-state index contributed by atoms with van der Waals surface area (Å²) in [5, 5.41) is 3.29. The molecule has 0 unspecified atom stereocenters. The topological polar surface area (TPSA) is 47.6 Å². The van der Waals surface area contributed by atoms with Gasteiger partial charge in [-0.05, 0) is 24.6 Å². The Balaban J connectivity index is 2.12. The first kappa shape index (κ1) is 11.8. The van der Waals surface area contributed by atoms with Crippen molar-refractivity contribution in [2.45, 2.75) is 6.92 Å². The van der Waals surface area contributed by atoms with Gasteiger partial charge in [0.2, 0.25) is 5.76 Å². The number of nitrogens with one attached hydrogen (secondary N) is 1. The number of ether oxygens (including phenoxy) is 2. The Bertz CT molecular complexity index is 471. The van der Waals surface area contributed by atoms with E-state index in [0.717, 1.165) is 5.56 Å². The molecule has 0 aliphatic carbocycles. The van der Waals surface area contributed by atoms with Gasteiger partial charge in [0, 0.05) is 10.7 Å². The zero-order valence-electron chi connectivity index (χ0n) is 9.33. The van der Waals surface area contributed by atoms with E-state index in [-0.39, 0.29) is 11.7 Å². The van der Waals surface area contributed by atoms with Gasteiger partial charge in [0.05, 0.1) is 0 Å². The fourth-order valence-corrected chi connectivity index (χ4v) is 1.57. The van der Waals surface area contributed by atoms with E-state index in [2.05, 4.69) is 5.32 Å². The Kier molecular flexibility index (Phi) is 3.54. The lowest BCUT2D eigenvalue weighted by Gasteiger charge is -2.15. The van der Waals surface area contributed by atoms with Crippen LogP contribution in [0, 0.1) is 6.92 Å². The summed E-state index contributed by atoms with van der Waals surface area (Å²) in [5.41, 5.74) is 1.60. The summed E-state index contributed by atoms with van der Waals surface area (Å²) in [7, 11) is 0. The third-order valence-corrected chi connectivity index (χ3v) is 2.56. The van der Waals surface area contributed by atoms with Crippen molar-refractivity contribution < 1.29 is 14.3 Å². The molecule has 17 heavy (non-hydrogen) atoms. The van der Waals surface area contributed by atoms with Crippen LogP contribution in [0.5, 0.6) is 0 Å². The van der Waals surface area contributed by atoms with E-state index in [0.29, 0.717) is 23.9 Å². The van der Waals surface area contributed by atoms with Crippen molar-refractivity contribution in [2.75, 3.05) is 18.5 Å². The fourth-order valence-electron chi connectivity index (χ4n) is 1.40. The molecule has 1 aliphatic heterocycles. The van der Waals surface area contributed by atoms with E-state index in [4.69, 9.17) is 21.1 Å². The zero-order chi connectivity index (χ0) is 12.3. The standard InChI is InChI=1S/C12H12ClNO3/c1-8-2-3-9(13)6-10(8)14-12(15)11-7-16-4-5-17-11/h2-3,6-7H,4-5H2,1H3,(H,14,15). The Morgan fingerprint density at radius 1 is 1.41 bits per heavy atom. The maximum absolute atomic E-state index is 11.8. The second-order valence-corrected chi connectivity index (χ2v) is 4.05. The van der Waals surface area contributed by atoms with Gasteiger partial charge in [0.25, 0.3) is 5.91 Å². The summed E-state index contributed by atoms with van der Waals surface area (Å²) in [5.74, 6) is -0.161. The third kappa shape index (κ3) is 2.91. The molecule has 1 aromatic carbocycles. The number of aryl methyl sites for hydroxylation is 1. The molecule has 2 rings (SSSR count). The van der Waals surface area contributed by atoms with Gasteiger partial charge in [-0.2, -0.15) is 0 Å². The van der Waals surface area contributed by atoms with Gasteiger partial charge in [-0.3, -0.25) is 4.79 Å². The highest BCUT2D eigenvalue weighted by atomic mass is 35.5. The van der Waals surface area contributed by atoms with Crippen LogP contribution in [-0.2, 0) is 14.3 Å². The fraction of sp³-hybridized carbons (Fsp3) is 0.250. The van der Waals surface area contributed by atoms with Crippen LogP contribution in [0.15, 0.2) is 30.2 Å². The number of amides is 1. The molecule has 5 heteroatoms. The van der Waals surface area contributed by atoms with Crippen molar-refractivity contribution >= 4 is 23.2 Å². The number of carbonyl (C=O) groups is 1. The van der Waals surface area contributed by atoms with Gasteiger partial charge in [0.15, 0.2) is 0 Å². The number of hydrogen-bond acceptors (Lipinski definition) is 3. The van der Waals surface area contributed by atoms with Crippen molar-refractivity contribution in [3.63, 3.8) is 0 Å². The smallest absolute Gasteiger partial charge is 0.294 e. The largest absolute Gasteiger partial charge is 0.494 e. The van der Waals surface area contributed by atoms with Crippen LogP contribution in [-0.4, -0.2) is 19.1 Å². The van der Waals surface area contributed by atoms with Crippen LogP contribution < -0.4 is 5.32 Å². The average Bonchev–Trinajstić information content (AvgIpc) is 2.35. The summed E-state index contributed by atoms with van der Waals surface area (Å²) in [4.78, 5) is 11.8. The Morgan fingerprint density at radius 3 is 2.94 bits per heavy atom. The molecule has 0 fully saturated rings. The molecule has 1 aliphatic rings. The summed E-state index contributed by atoms with van der Waals surface area (Å²) < 4.78 is 10.2. The first-order valence-electron chi connectivity index (χ1n) is 5.19. The predicted molar refractivity (Wildman–Crippen MR) is 64.8 cm³/mol. The summed E-state index contributed by atoms with van der Waals surface area (Å²) in [6.07, 6.45) is 1.32. The van der Waals surface area contributed by atoms with Gasteiger partial charge in [-0.1, -0.05) is 17.7 Å². The van der Waals surface area contributed by atoms with Crippen molar-refractivity contribution in [1.29, 1.82) is 0 Å². The lowest BCUT2D eigenvalue weighted by atomic mass is 10.2. The Labute approximate surface area is 104 Å². The first-order valence-corrected chi connectivity index (χ1v) is 5.56. The summed E-state index contributed by atoms with van der Waals surface area (Å²) in [6, 6.07) is 5.30. The number of anilines is 1. The van der Waals surface area contributed by atoms with E-state index in [1.165, 1.54) is 6.26 Å². The Morgan fingerprint density at radius 2 is 2.24 bits per heavy atom. The molecule has 0 radical (unpaired) electrons. The van der Waals surface area contributed by atoms with Gasteiger partial charge in [-0.25, -0.2) is 0 Å². The minimum Gasteiger partial charge on any atom is -0.494 e. The molecule has 4 nitrogen and oxygen atoms in total. The maximum Gasteiger partial charge on any atom is 0.294 e. The molecule has 90 valence electrons. The van der Waals surface area contributed by atoms with Crippen LogP contribution in [0.3, 0.4) is 0 Å². The highest BCUT2D eigenvalue weighted by molar-refractivity contribution is 6.31. The second kappa shape index (κ2) is 5.10. The van der Waals surface area contributed by atoms with E-state index in [9.17, 15) is 4.79 Å². The summed E-state index contributed by atoms with van der Waals surface area (Å²) in [6.45, 7) is 2.74. The van der Waals surface area contributed by atoms with Crippen molar-refractivity contribution in [3.8, 4) is 0 Å². The van der Waals surface area contributed by atoms with Gasteiger partial charge >= 0.3 is 0 Å². The predicted octanol–water partition coefficient (Wildman–Crippen LogP) is 2.48. The van der Waals surface area contributed by atoms with Crippen LogP contribution >= 0.6 is 11.6 Å².